The molecule has 0 bridgehead atoms. The summed E-state index contributed by atoms with van der Waals surface area (Å²) in [5.41, 5.74) is 2.62. The summed E-state index contributed by atoms with van der Waals surface area (Å²) < 4.78 is 0. The van der Waals surface area contributed by atoms with Gasteiger partial charge < -0.3 is 10.6 Å². The van der Waals surface area contributed by atoms with Gasteiger partial charge in [0, 0.05) is 21.4 Å². The fourth-order valence-electron chi connectivity index (χ4n) is 1.77. The first kappa shape index (κ1) is 14.7. The normalized spacial score (nSPS) is 10.2. The van der Waals surface area contributed by atoms with E-state index in [0.29, 0.717) is 15.7 Å². The minimum Gasteiger partial charge on any atom is -0.376 e. The largest absolute Gasteiger partial charge is 0.376 e. The van der Waals surface area contributed by atoms with E-state index in [2.05, 4.69) is 10.6 Å². The van der Waals surface area contributed by atoms with Gasteiger partial charge in [-0.3, -0.25) is 4.79 Å². The molecule has 0 saturated heterocycles. The second-order valence-corrected chi connectivity index (χ2v) is 5.30. The van der Waals surface area contributed by atoms with Gasteiger partial charge in [-0.1, -0.05) is 35.3 Å². The maximum Gasteiger partial charge on any atom is 0.243 e. The number of rotatable bonds is 4. The van der Waals surface area contributed by atoms with Crippen LogP contribution in [0.15, 0.2) is 42.5 Å². The lowest BCUT2D eigenvalue weighted by Gasteiger charge is -2.09. The van der Waals surface area contributed by atoms with Crippen LogP contribution in [0.25, 0.3) is 0 Å². The van der Waals surface area contributed by atoms with Crippen LogP contribution in [0.3, 0.4) is 0 Å². The second-order valence-electron chi connectivity index (χ2n) is 4.43. The van der Waals surface area contributed by atoms with Gasteiger partial charge in [-0.25, -0.2) is 0 Å². The van der Waals surface area contributed by atoms with Crippen molar-refractivity contribution in [3.05, 3.63) is 58.1 Å². The van der Waals surface area contributed by atoms with Crippen molar-refractivity contribution in [2.75, 3.05) is 17.2 Å². The van der Waals surface area contributed by atoms with Gasteiger partial charge in [-0.15, -0.1) is 0 Å². The highest BCUT2D eigenvalue weighted by Crippen LogP contribution is 2.22. The van der Waals surface area contributed by atoms with Gasteiger partial charge in [-0.2, -0.15) is 0 Å². The molecular weight excluding hydrogens is 295 g/mol. The Balaban J connectivity index is 1.92. The molecule has 0 saturated carbocycles. The lowest BCUT2D eigenvalue weighted by molar-refractivity contribution is -0.114. The summed E-state index contributed by atoms with van der Waals surface area (Å²) in [6.45, 7) is 2.17. The fraction of sp³-hybridized carbons (Fsp3) is 0.133. The first-order valence-electron chi connectivity index (χ1n) is 6.09. The number of carbonyl (C=O) groups excluding carboxylic acids is 1. The summed E-state index contributed by atoms with van der Waals surface area (Å²) >= 11 is 11.7. The summed E-state index contributed by atoms with van der Waals surface area (Å²) in [6.07, 6.45) is 0. The van der Waals surface area contributed by atoms with Crippen LogP contribution < -0.4 is 10.6 Å². The first-order chi connectivity index (χ1) is 9.52. The van der Waals surface area contributed by atoms with E-state index in [-0.39, 0.29) is 12.5 Å². The summed E-state index contributed by atoms with van der Waals surface area (Å²) in [5.74, 6) is -0.162. The van der Waals surface area contributed by atoms with Crippen molar-refractivity contribution in [1.82, 2.24) is 0 Å². The molecule has 20 heavy (non-hydrogen) atoms. The number of anilines is 2. The molecule has 5 heteroatoms. The molecule has 0 unspecified atom stereocenters. The fourth-order valence-corrected chi connectivity index (χ4v) is 2.29. The summed E-state index contributed by atoms with van der Waals surface area (Å²) in [7, 11) is 0. The van der Waals surface area contributed by atoms with Gasteiger partial charge >= 0.3 is 0 Å². The smallest absolute Gasteiger partial charge is 0.243 e. The quantitative estimate of drug-likeness (QED) is 0.881. The number of halogens is 2. The van der Waals surface area contributed by atoms with E-state index in [1.54, 1.807) is 18.2 Å². The van der Waals surface area contributed by atoms with Gasteiger partial charge in [0.25, 0.3) is 0 Å². The number of aryl methyl sites for hydroxylation is 1. The Bertz CT molecular complexity index is 609. The van der Waals surface area contributed by atoms with E-state index >= 15 is 0 Å². The first-order valence-corrected chi connectivity index (χ1v) is 6.85. The van der Waals surface area contributed by atoms with Crippen molar-refractivity contribution in [2.24, 2.45) is 0 Å². The predicted molar refractivity (Wildman–Crippen MR) is 84.8 cm³/mol. The Labute approximate surface area is 127 Å². The van der Waals surface area contributed by atoms with Gasteiger partial charge in [0.1, 0.15) is 0 Å². The molecule has 2 N–H and O–H groups in total. The molecule has 2 aromatic carbocycles. The highest BCUT2D eigenvalue weighted by atomic mass is 35.5. The maximum absolute atomic E-state index is 11.8. The molecular formula is C15H14Cl2N2O. The van der Waals surface area contributed by atoms with Gasteiger partial charge in [0.2, 0.25) is 5.91 Å². The summed E-state index contributed by atoms with van der Waals surface area (Å²) in [4.78, 5) is 11.8. The molecule has 0 spiro atoms. The number of hydrogen-bond donors (Lipinski definition) is 2. The van der Waals surface area contributed by atoms with E-state index in [1.807, 2.05) is 31.2 Å². The lowest BCUT2D eigenvalue weighted by atomic mass is 10.2. The van der Waals surface area contributed by atoms with Crippen molar-refractivity contribution >= 4 is 40.5 Å². The third kappa shape index (κ3) is 4.44. The maximum atomic E-state index is 11.8. The standard InChI is InChI=1S/C15H14Cl2N2O/c1-10-3-2-4-13(5-10)18-9-15(20)19-14-7-11(16)6-12(17)8-14/h2-8,18H,9H2,1H3,(H,19,20). The number of benzene rings is 2. The minimum absolute atomic E-state index is 0.162. The highest BCUT2D eigenvalue weighted by Gasteiger charge is 2.04. The molecule has 0 radical (unpaired) electrons. The van der Waals surface area contributed by atoms with Crippen LogP contribution in [0.5, 0.6) is 0 Å². The minimum atomic E-state index is -0.162. The Morgan fingerprint density at radius 2 is 1.75 bits per heavy atom. The van der Waals surface area contributed by atoms with Crippen molar-refractivity contribution in [3.8, 4) is 0 Å². The molecule has 0 aliphatic rings. The zero-order chi connectivity index (χ0) is 14.5. The Hall–Kier alpha value is -1.71. The van der Waals surface area contributed by atoms with Crippen LogP contribution in [0.1, 0.15) is 5.56 Å². The molecule has 0 heterocycles. The van der Waals surface area contributed by atoms with Crippen molar-refractivity contribution in [2.45, 2.75) is 6.92 Å². The Morgan fingerprint density at radius 1 is 1.05 bits per heavy atom. The molecule has 2 rings (SSSR count). The van der Waals surface area contributed by atoms with E-state index < -0.39 is 0 Å². The van der Waals surface area contributed by atoms with Crippen LogP contribution in [0.4, 0.5) is 11.4 Å². The SMILES string of the molecule is Cc1cccc(NCC(=O)Nc2cc(Cl)cc(Cl)c2)c1. The number of amides is 1. The van der Waals surface area contributed by atoms with E-state index in [9.17, 15) is 4.79 Å². The van der Waals surface area contributed by atoms with Crippen LogP contribution in [-0.4, -0.2) is 12.5 Å². The number of hydrogen-bond acceptors (Lipinski definition) is 2. The molecule has 0 fully saturated rings. The molecule has 1 amide bonds. The third-order valence-electron chi connectivity index (χ3n) is 2.62. The van der Waals surface area contributed by atoms with Gasteiger partial charge in [0.15, 0.2) is 0 Å². The van der Waals surface area contributed by atoms with Crippen LogP contribution >= 0.6 is 23.2 Å². The summed E-state index contributed by atoms with van der Waals surface area (Å²) in [5, 5.41) is 6.77. The highest BCUT2D eigenvalue weighted by molar-refractivity contribution is 6.35. The van der Waals surface area contributed by atoms with E-state index in [0.717, 1.165) is 11.3 Å². The third-order valence-corrected chi connectivity index (χ3v) is 3.05. The van der Waals surface area contributed by atoms with Crippen molar-refractivity contribution in [3.63, 3.8) is 0 Å². The predicted octanol–water partition coefficient (Wildman–Crippen LogP) is 4.35. The average Bonchev–Trinajstić information content (AvgIpc) is 2.35. The summed E-state index contributed by atoms with van der Waals surface area (Å²) in [6, 6.07) is 12.7. The molecule has 104 valence electrons. The average molecular weight is 309 g/mol. The van der Waals surface area contributed by atoms with Crippen LogP contribution in [0, 0.1) is 6.92 Å². The van der Waals surface area contributed by atoms with Gasteiger partial charge in [0.05, 0.1) is 6.54 Å². The molecule has 0 atom stereocenters. The monoisotopic (exact) mass is 308 g/mol. The van der Waals surface area contributed by atoms with E-state index in [1.165, 1.54) is 0 Å². The number of nitrogens with one attached hydrogen (secondary N) is 2. The molecule has 0 aliphatic heterocycles. The Morgan fingerprint density at radius 3 is 2.40 bits per heavy atom. The van der Waals surface area contributed by atoms with Crippen molar-refractivity contribution in [1.29, 1.82) is 0 Å². The zero-order valence-electron chi connectivity index (χ0n) is 10.9. The van der Waals surface area contributed by atoms with Gasteiger partial charge in [-0.05, 0) is 42.8 Å². The zero-order valence-corrected chi connectivity index (χ0v) is 12.4. The molecule has 2 aromatic rings. The number of carbonyl (C=O) groups is 1. The van der Waals surface area contributed by atoms with Crippen molar-refractivity contribution < 1.29 is 4.79 Å². The van der Waals surface area contributed by atoms with Crippen LogP contribution in [-0.2, 0) is 4.79 Å². The topological polar surface area (TPSA) is 41.1 Å². The Kier molecular flexibility index (Phi) is 4.88. The van der Waals surface area contributed by atoms with Crippen LogP contribution in [0.2, 0.25) is 10.0 Å². The second kappa shape index (κ2) is 6.64. The molecule has 0 aliphatic carbocycles. The molecule has 3 nitrogen and oxygen atoms in total. The molecule has 0 aromatic heterocycles. The lowest BCUT2D eigenvalue weighted by Crippen LogP contribution is -2.21. The van der Waals surface area contributed by atoms with E-state index in [4.69, 9.17) is 23.2 Å².